The number of hydrogen-bond donors (Lipinski definition) is 3. The molecular formula is C19H27N5O3S2. The van der Waals surface area contributed by atoms with Crippen molar-refractivity contribution in [1.29, 1.82) is 0 Å². The van der Waals surface area contributed by atoms with Gasteiger partial charge in [0.1, 0.15) is 6.33 Å². The standard InChI is InChI=1S/C19H27N5O3S2/c25-18(20-12-13-28-19-21-14-22-23-19)11-8-15-6-9-17(10-7-15)29(26,27)24-16-4-2-1-3-5-16/h6-7,9-10,14,16,24H,1-5,8,11-13H2,(H,20,25)(H,21,22,23). The molecule has 1 amide bonds. The highest BCUT2D eigenvalue weighted by atomic mass is 32.2. The monoisotopic (exact) mass is 437 g/mol. The quantitative estimate of drug-likeness (QED) is 0.388. The highest BCUT2D eigenvalue weighted by Crippen LogP contribution is 2.20. The Kier molecular flexibility index (Phi) is 8.08. The molecule has 1 fully saturated rings. The van der Waals surface area contributed by atoms with Gasteiger partial charge < -0.3 is 5.32 Å². The number of nitrogens with zero attached hydrogens (tertiary/aromatic N) is 2. The summed E-state index contributed by atoms with van der Waals surface area (Å²) in [5, 5.41) is 10.1. The van der Waals surface area contributed by atoms with Crippen LogP contribution < -0.4 is 10.0 Å². The van der Waals surface area contributed by atoms with Crippen molar-refractivity contribution in [3.8, 4) is 0 Å². The number of thioether (sulfide) groups is 1. The number of amides is 1. The first-order chi connectivity index (χ1) is 14.0. The zero-order valence-electron chi connectivity index (χ0n) is 16.3. The summed E-state index contributed by atoms with van der Waals surface area (Å²) in [6.07, 6.45) is 7.52. The van der Waals surface area contributed by atoms with E-state index in [1.165, 1.54) is 24.5 Å². The summed E-state index contributed by atoms with van der Waals surface area (Å²) in [4.78, 5) is 16.2. The normalized spacial score (nSPS) is 15.3. The number of hydrogen-bond acceptors (Lipinski definition) is 6. The SMILES string of the molecule is O=C(CCc1ccc(S(=O)(=O)NC2CCCCC2)cc1)NCCSc1ncn[nH]1. The Morgan fingerprint density at radius 2 is 1.93 bits per heavy atom. The molecule has 0 spiro atoms. The maximum Gasteiger partial charge on any atom is 0.240 e. The summed E-state index contributed by atoms with van der Waals surface area (Å²) in [7, 11) is -3.49. The second-order valence-electron chi connectivity index (χ2n) is 7.09. The van der Waals surface area contributed by atoms with Crippen LogP contribution in [0.25, 0.3) is 0 Å². The fourth-order valence-corrected chi connectivity index (χ4v) is 5.23. The minimum Gasteiger partial charge on any atom is -0.355 e. The summed E-state index contributed by atoms with van der Waals surface area (Å²) in [6, 6.07) is 6.84. The molecule has 1 heterocycles. The number of H-pyrrole nitrogens is 1. The van der Waals surface area contributed by atoms with Crippen LogP contribution in [0.3, 0.4) is 0 Å². The Balaban J connectivity index is 1.39. The molecule has 0 unspecified atom stereocenters. The number of nitrogens with one attached hydrogen (secondary N) is 3. The van der Waals surface area contributed by atoms with Crippen LogP contribution in [0, 0.1) is 0 Å². The first-order valence-corrected chi connectivity index (χ1v) is 12.4. The predicted octanol–water partition coefficient (Wildman–Crippen LogP) is 2.26. The Labute approximate surface area is 175 Å². The molecule has 3 N–H and O–H groups in total. The van der Waals surface area contributed by atoms with E-state index in [1.54, 1.807) is 24.3 Å². The van der Waals surface area contributed by atoms with Crippen molar-refractivity contribution >= 4 is 27.7 Å². The molecule has 0 radical (unpaired) electrons. The molecule has 1 aliphatic rings. The van der Waals surface area contributed by atoms with Gasteiger partial charge in [0.05, 0.1) is 4.90 Å². The van der Waals surface area contributed by atoms with Gasteiger partial charge in [-0.25, -0.2) is 18.1 Å². The smallest absolute Gasteiger partial charge is 0.240 e. The Bertz CT molecular complexity index is 864. The first kappa shape index (κ1) is 21.8. The molecule has 0 bridgehead atoms. The van der Waals surface area contributed by atoms with Gasteiger partial charge in [-0.05, 0) is 37.0 Å². The highest BCUT2D eigenvalue weighted by molar-refractivity contribution is 7.99. The lowest BCUT2D eigenvalue weighted by atomic mass is 9.96. The average Bonchev–Trinajstić information content (AvgIpc) is 3.24. The summed E-state index contributed by atoms with van der Waals surface area (Å²) < 4.78 is 27.9. The van der Waals surface area contributed by atoms with E-state index in [2.05, 4.69) is 25.2 Å². The van der Waals surface area contributed by atoms with Gasteiger partial charge in [-0.3, -0.25) is 9.89 Å². The summed E-state index contributed by atoms with van der Waals surface area (Å²) in [5.74, 6) is 0.681. The van der Waals surface area contributed by atoms with Crippen LogP contribution in [-0.4, -0.2) is 47.8 Å². The Morgan fingerprint density at radius 3 is 2.62 bits per heavy atom. The maximum absolute atomic E-state index is 12.5. The van der Waals surface area contributed by atoms with Crippen molar-refractivity contribution in [2.75, 3.05) is 12.3 Å². The van der Waals surface area contributed by atoms with Crippen molar-refractivity contribution in [1.82, 2.24) is 25.2 Å². The van der Waals surface area contributed by atoms with Crippen molar-refractivity contribution in [2.45, 2.75) is 61.0 Å². The zero-order valence-corrected chi connectivity index (χ0v) is 17.9. The van der Waals surface area contributed by atoms with E-state index in [9.17, 15) is 13.2 Å². The molecule has 8 nitrogen and oxygen atoms in total. The van der Waals surface area contributed by atoms with Gasteiger partial charge in [-0.1, -0.05) is 43.2 Å². The third-order valence-corrected chi connectivity index (χ3v) is 7.27. The van der Waals surface area contributed by atoms with Gasteiger partial charge >= 0.3 is 0 Å². The minimum absolute atomic E-state index is 0.0289. The number of aryl methyl sites for hydroxylation is 1. The fourth-order valence-electron chi connectivity index (χ4n) is 3.29. The summed E-state index contributed by atoms with van der Waals surface area (Å²) >= 11 is 1.49. The average molecular weight is 438 g/mol. The lowest BCUT2D eigenvalue weighted by Crippen LogP contribution is -2.36. The molecular weight excluding hydrogens is 410 g/mol. The second-order valence-corrected chi connectivity index (χ2v) is 9.89. The van der Waals surface area contributed by atoms with Crippen LogP contribution in [0.5, 0.6) is 0 Å². The number of carbonyl (C=O) groups is 1. The van der Waals surface area contributed by atoms with Crippen LogP contribution in [0.4, 0.5) is 0 Å². The van der Waals surface area contributed by atoms with Gasteiger partial charge in [-0.2, -0.15) is 5.10 Å². The highest BCUT2D eigenvalue weighted by Gasteiger charge is 2.21. The van der Waals surface area contributed by atoms with Crippen molar-refractivity contribution in [2.24, 2.45) is 0 Å². The lowest BCUT2D eigenvalue weighted by Gasteiger charge is -2.22. The number of rotatable bonds is 10. The number of aromatic amines is 1. The number of benzene rings is 1. The van der Waals surface area contributed by atoms with E-state index >= 15 is 0 Å². The van der Waals surface area contributed by atoms with E-state index in [0.717, 1.165) is 36.4 Å². The van der Waals surface area contributed by atoms with Crippen LogP contribution in [0.15, 0.2) is 40.6 Å². The molecule has 0 atom stereocenters. The molecule has 1 aliphatic carbocycles. The molecule has 0 saturated heterocycles. The van der Waals surface area contributed by atoms with Crippen LogP contribution >= 0.6 is 11.8 Å². The number of carbonyl (C=O) groups excluding carboxylic acids is 1. The molecule has 1 aromatic carbocycles. The molecule has 1 saturated carbocycles. The van der Waals surface area contributed by atoms with Gasteiger partial charge in [0.15, 0.2) is 5.16 Å². The predicted molar refractivity (Wildman–Crippen MR) is 112 cm³/mol. The lowest BCUT2D eigenvalue weighted by molar-refractivity contribution is -0.120. The zero-order chi connectivity index (χ0) is 20.5. The van der Waals surface area contributed by atoms with Gasteiger partial charge in [0.2, 0.25) is 15.9 Å². The van der Waals surface area contributed by atoms with E-state index in [0.29, 0.717) is 25.1 Å². The van der Waals surface area contributed by atoms with E-state index < -0.39 is 10.0 Å². The molecule has 1 aromatic heterocycles. The van der Waals surface area contributed by atoms with Gasteiger partial charge in [0, 0.05) is 24.8 Å². The van der Waals surface area contributed by atoms with Crippen molar-refractivity contribution in [3.05, 3.63) is 36.2 Å². The van der Waals surface area contributed by atoms with Gasteiger partial charge in [-0.15, -0.1) is 0 Å². The van der Waals surface area contributed by atoms with E-state index in [4.69, 9.17) is 0 Å². The van der Waals surface area contributed by atoms with Crippen LogP contribution in [-0.2, 0) is 21.2 Å². The first-order valence-electron chi connectivity index (χ1n) is 9.89. The molecule has 10 heteroatoms. The van der Waals surface area contributed by atoms with E-state index in [1.807, 2.05) is 0 Å². The molecule has 2 aromatic rings. The number of aromatic nitrogens is 3. The molecule has 29 heavy (non-hydrogen) atoms. The molecule has 158 valence electrons. The topological polar surface area (TPSA) is 117 Å². The third-order valence-electron chi connectivity index (χ3n) is 4.86. The van der Waals surface area contributed by atoms with E-state index in [-0.39, 0.29) is 16.8 Å². The van der Waals surface area contributed by atoms with Crippen LogP contribution in [0.2, 0.25) is 0 Å². The largest absolute Gasteiger partial charge is 0.355 e. The van der Waals surface area contributed by atoms with Crippen molar-refractivity contribution in [3.63, 3.8) is 0 Å². The Morgan fingerprint density at radius 1 is 1.17 bits per heavy atom. The summed E-state index contributed by atoms with van der Waals surface area (Å²) in [5.41, 5.74) is 0.938. The number of sulfonamides is 1. The fraction of sp³-hybridized carbons (Fsp3) is 0.526. The third kappa shape index (κ3) is 7.13. The maximum atomic E-state index is 12.5. The van der Waals surface area contributed by atoms with Crippen LogP contribution in [0.1, 0.15) is 44.1 Å². The minimum atomic E-state index is -3.49. The Hall–Kier alpha value is -1.91. The second kappa shape index (κ2) is 10.7. The molecule has 0 aliphatic heterocycles. The molecule has 3 rings (SSSR count). The summed E-state index contributed by atoms with van der Waals surface area (Å²) in [6.45, 7) is 0.550. The van der Waals surface area contributed by atoms with Crippen molar-refractivity contribution < 1.29 is 13.2 Å². The van der Waals surface area contributed by atoms with Gasteiger partial charge in [0.25, 0.3) is 0 Å².